The number of carboxylic acid groups (broad SMARTS) is 1. The lowest BCUT2D eigenvalue weighted by Gasteiger charge is -2.28. The van der Waals surface area contributed by atoms with Crippen LogP contribution in [-0.4, -0.2) is 116 Å². The summed E-state index contributed by atoms with van der Waals surface area (Å²) in [5.41, 5.74) is 12.0. The van der Waals surface area contributed by atoms with Gasteiger partial charge in [0.25, 0.3) is 0 Å². The SMILES string of the molecule is CCCOC(=O)N[C@@H](Cc1ccc(C(=N)N)cc1)C(=O)N[C@@H](CCC(=O)O)C(=O)N[C@@H](CC(N)=O)C(=O)N[C@@H](CC1CCCCC1)C(=O)NCCOCCOCC. The predicted octanol–water partition coefficient (Wildman–Crippen LogP) is 0.352. The number of rotatable bonds is 27. The van der Waals surface area contributed by atoms with E-state index in [1.165, 1.54) is 0 Å². The van der Waals surface area contributed by atoms with Crippen LogP contribution in [0.4, 0.5) is 4.79 Å². The molecule has 1 fully saturated rings. The van der Waals surface area contributed by atoms with Crippen LogP contribution < -0.4 is 38.1 Å². The van der Waals surface area contributed by atoms with Gasteiger partial charge < -0.3 is 57.4 Å². The molecule has 0 unspecified atom stereocenters. The highest BCUT2D eigenvalue weighted by molar-refractivity contribution is 5.97. The first-order valence-corrected chi connectivity index (χ1v) is 19.4. The Balaban J connectivity index is 2.27. The fraction of sp³-hybridized carbons (Fsp3) is 0.632. The molecule has 0 saturated heterocycles. The maximum absolute atomic E-state index is 13.7. The number of alkyl carbamates (subject to hydrolysis) is 1. The van der Waals surface area contributed by atoms with Crippen molar-refractivity contribution in [2.45, 2.75) is 109 Å². The molecule has 1 aliphatic carbocycles. The van der Waals surface area contributed by atoms with E-state index in [4.69, 9.17) is 31.1 Å². The van der Waals surface area contributed by atoms with Crippen LogP contribution in [0, 0.1) is 11.3 Å². The maximum Gasteiger partial charge on any atom is 0.407 e. The number of nitrogen functional groups attached to an aromatic ring is 1. The molecule has 57 heavy (non-hydrogen) atoms. The molecule has 4 atom stereocenters. The average molecular weight is 805 g/mol. The molecule has 318 valence electrons. The van der Waals surface area contributed by atoms with E-state index in [9.17, 15) is 38.7 Å². The zero-order valence-electron chi connectivity index (χ0n) is 32.9. The van der Waals surface area contributed by atoms with Crippen molar-refractivity contribution in [2.24, 2.45) is 17.4 Å². The topological polar surface area (TPSA) is 303 Å². The van der Waals surface area contributed by atoms with Gasteiger partial charge in [-0.25, -0.2) is 4.79 Å². The van der Waals surface area contributed by atoms with Gasteiger partial charge in [-0.05, 0) is 37.7 Å². The quantitative estimate of drug-likeness (QED) is 0.0331. The van der Waals surface area contributed by atoms with E-state index >= 15 is 0 Å². The molecule has 19 heteroatoms. The van der Waals surface area contributed by atoms with Crippen molar-refractivity contribution < 1.29 is 52.9 Å². The van der Waals surface area contributed by atoms with Gasteiger partial charge in [0.15, 0.2) is 0 Å². The Morgan fingerprint density at radius 3 is 2.00 bits per heavy atom. The molecule has 1 saturated carbocycles. The van der Waals surface area contributed by atoms with Gasteiger partial charge in [-0.1, -0.05) is 63.3 Å². The van der Waals surface area contributed by atoms with Crippen LogP contribution in [0.25, 0.3) is 0 Å². The van der Waals surface area contributed by atoms with Gasteiger partial charge in [0.2, 0.25) is 29.5 Å². The summed E-state index contributed by atoms with van der Waals surface area (Å²) in [6.45, 7) is 5.36. The van der Waals surface area contributed by atoms with Crippen LogP contribution >= 0.6 is 0 Å². The van der Waals surface area contributed by atoms with Crippen molar-refractivity contribution >= 4 is 47.4 Å². The molecule has 11 N–H and O–H groups in total. The van der Waals surface area contributed by atoms with E-state index in [-0.39, 0.29) is 37.9 Å². The molecule has 0 heterocycles. The van der Waals surface area contributed by atoms with Crippen molar-refractivity contribution in [3.63, 3.8) is 0 Å². The number of hydrogen-bond donors (Lipinski definition) is 9. The van der Waals surface area contributed by atoms with Gasteiger partial charge in [0.05, 0.1) is 32.8 Å². The minimum Gasteiger partial charge on any atom is -0.481 e. The molecule has 1 aromatic rings. The van der Waals surface area contributed by atoms with Gasteiger partial charge in [-0.2, -0.15) is 0 Å². The Morgan fingerprint density at radius 2 is 1.39 bits per heavy atom. The summed E-state index contributed by atoms with van der Waals surface area (Å²) in [6, 6.07) is 0.794. The first kappa shape index (κ1) is 47.9. The molecule has 0 bridgehead atoms. The second-order valence-corrected chi connectivity index (χ2v) is 13.8. The van der Waals surface area contributed by atoms with E-state index in [0.717, 1.165) is 32.1 Å². The fourth-order valence-corrected chi connectivity index (χ4v) is 6.13. The third kappa shape index (κ3) is 19.4. The van der Waals surface area contributed by atoms with Crippen molar-refractivity contribution in [2.75, 3.05) is 39.6 Å². The summed E-state index contributed by atoms with van der Waals surface area (Å²) in [6.07, 6.45) is 2.87. The first-order valence-electron chi connectivity index (χ1n) is 19.4. The average Bonchev–Trinajstić information content (AvgIpc) is 3.17. The second-order valence-electron chi connectivity index (χ2n) is 13.8. The first-order chi connectivity index (χ1) is 27.2. The van der Waals surface area contributed by atoms with Gasteiger partial charge in [0.1, 0.15) is 30.0 Å². The molecule has 2 rings (SSSR count). The number of amides is 6. The fourth-order valence-electron chi connectivity index (χ4n) is 6.13. The van der Waals surface area contributed by atoms with Crippen LogP contribution in [0.2, 0.25) is 0 Å². The van der Waals surface area contributed by atoms with Crippen LogP contribution in [-0.2, 0) is 49.4 Å². The Kier molecular flexibility index (Phi) is 22.3. The summed E-state index contributed by atoms with van der Waals surface area (Å²) in [7, 11) is 0. The smallest absolute Gasteiger partial charge is 0.407 e. The lowest BCUT2D eigenvalue weighted by atomic mass is 9.84. The number of aliphatic carboxylic acids is 1. The Labute approximate surface area is 332 Å². The Morgan fingerprint density at radius 1 is 0.772 bits per heavy atom. The molecule has 1 aromatic carbocycles. The zero-order chi connectivity index (χ0) is 42.2. The van der Waals surface area contributed by atoms with E-state index < -0.39 is 85.0 Å². The van der Waals surface area contributed by atoms with Crippen molar-refractivity contribution in [3.05, 3.63) is 35.4 Å². The number of benzene rings is 1. The van der Waals surface area contributed by atoms with Gasteiger partial charge >= 0.3 is 12.1 Å². The highest BCUT2D eigenvalue weighted by Gasteiger charge is 2.33. The van der Waals surface area contributed by atoms with Crippen molar-refractivity contribution in [1.82, 2.24) is 26.6 Å². The highest BCUT2D eigenvalue weighted by atomic mass is 16.5. The molecule has 19 nitrogen and oxygen atoms in total. The molecule has 0 spiro atoms. The number of primary amides is 1. The minimum atomic E-state index is -1.60. The van der Waals surface area contributed by atoms with Crippen molar-refractivity contribution in [1.29, 1.82) is 5.41 Å². The number of hydrogen-bond acceptors (Lipinski definition) is 11. The third-order valence-corrected chi connectivity index (χ3v) is 9.12. The summed E-state index contributed by atoms with van der Waals surface area (Å²) in [4.78, 5) is 90.8. The monoisotopic (exact) mass is 804 g/mol. The molecular weight excluding hydrogens is 744 g/mol. The third-order valence-electron chi connectivity index (χ3n) is 9.12. The molecule has 1 aliphatic rings. The zero-order valence-corrected chi connectivity index (χ0v) is 32.9. The maximum atomic E-state index is 13.7. The van der Waals surface area contributed by atoms with E-state index in [1.54, 1.807) is 31.2 Å². The summed E-state index contributed by atoms with van der Waals surface area (Å²) in [5, 5.41) is 29.8. The lowest BCUT2D eigenvalue weighted by Crippen LogP contribution is -2.59. The Bertz CT molecular complexity index is 1490. The van der Waals surface area contributed by atoms with Gasteiger partial charge in [-0.3, -0.25) is 34.2 Å². The minimum absolute atomic E-state index is 0.0625. The van der Waals surface area contributed by atoms with Crippen LogP contribution in [0.3, 0.4) is 0 Å². The Hall–Kier alpha value is -5.30. The summed E-state index contributed by atoms with van der Waals surface area (Å²) in [5.74, 6) is -5.53. The molecule has 0 aromatic heterocycles. The number of amidine groups is 1. The molecule has 6 amide bonds. The molecule has 0 radical (unpaired) electrons. The van der Waals surface area contributed by atoms with E-state index in [1.807, 2.05) is 6.92 Å². The number of ether oxygens (including phenoxy) is 3. The predicted molar refractivity (Wildman–Crippen MR) is 208 cm³/mol. The van der Waals surface area contributed by atoms with Crippen molar-refractivity contribution in [3.8, 4) is 0 Å². The summed E-state index contributed by atoms with van der Waals surface area (Å²) >= 11 is 0. The highest BCUT2D eigenvalue weighted by Crippen LogP contribution is 2.27. The number of nitrogens with two attached hydrogens (primary N) is 2. The van der Waals surface area contributed by atoms with Crippen LogP contribution in [0.1, 0.15) is 89.2 Å². The van der Waals surface area contributed by atoms with Gasteiger partial charge in [-0.15, -0.1) is 0 Å². The molecule has 0 aliphatic heterocycles. The summed E-state index contributed by atoms with van der Waals surface area (Å²) < 4.78 is 15.8. The number of carbonyl (C=O) groups is 7. The van der Waals surface area contributed by atoms with E-state index in [0.29, 0.717) is 43.8 Å². The van der Waals surface area contributed by atoms with Gasteiger partial charge in [0, 0.05) is 31.6 Å². The van der Waals surface area contributed by atoms with E-state index in [2.05, 4.69) is 26.6 Å². The normalized spacial score (nSPS) is 14.8. The number of carbonyl (C=O) groups excluding carboxylic acids is 6. The number of carboxylic acids is 1. The number of nitrogens with one attached hydrogen (secondary N) is 6. The van der Waals surface area contributed by atoms with Crippen LogP contribution in [0.5, 0.6) is 0 Å². The largest absolute Gasteiger partial charge is 0.481 e. The molecular formula is C38H60N8O11. The second kappa shape index (κ2) is 26.5. The lowest BCUT2D eigenvalue weighted by molar-refractivity contribution is -0.138. The van der Waals surface area contributed by atoms with Crippen LogP contribution in [0.15, 0.2) is 24.3 Å². The standard InChI is InChI=1S/C38H60N8O11/c1-3-17-57-38(54)46-29(22-25-10-12-26(13-11-25)33(40)41)36(52)43-27(14-15-32(48)49)35(51)45-30(23-31(39)47)37(53)44-28(21-24-8-6-5-7-9-24)34(50)42-16-18-56-20-19-55-4-2/h10-13,24,27-30H,3-9,14-23H2,1-2H3,(H2,39,47)(H3,40,41)(H,42,50)(H,43,52)(H,44,53)(H,45,51)(H,46,54)(H,48,49)/t27-,28-,29-,30-/m0/s1.